The van der Waals surface area contributed by atoms with Crippen LogP contribution in [0.5, 0.6) is 5.75 Å². The molecule has 0 radical (unpaired) electrons. The summed E-state index contributed by atoms with van der Waals surface area (Å²) < 4.78 is 0. The highest BCUT2D eigenvalue weighted by Crippen LogP contribution is 2.48. The number of aromatic hydroxyl groups is 1. The molecular formula is C26H26N2O2. The second-order valence-corrected chi connectivity index (χ2v) is 9.25. The number of fused-ring (bicyclic) bond motifs is 2. The molecule has 1 aliphatic heterocycles. The Labute approximate surface area is 176 Å². The van der Waals surface area contributed by atoms with E-state index >= 15 is 0 Å². The van der Waals surface area contributed by atoms with Gasteiger partial charge in [-0.2, -0.15) is 0 Å². The van der Waals surface area contributed by atoms with Gasteiger partial charge in [0.15, 0.2) is 5.78 Å². The van der Waals surface area contributed by atoms with Crippen molar-refractivity contribution in [2.24, 2.45) is 5.41 Å². The predicted molar refractivity (Wildman–Crippen MR) is 122 cm³/mol. The Morgan fingerprint density at radius 3 is 2.63 bits per heavy atom. The summed E-state index contributed by atoms with van der Waals surface area (Å²) in [6.45, 7) is 6.35. The number of carbonyl (C=O) groups is 1. The number of hydrogen-bond acceptors (Lipinski definition) is 4. The average molecular weight is 399 g/mol. The van der Waals surface area contributed by atoms with Crippen molar-refractivity contribution >= 4 is 27.9 Å². The Balaban J connectivity index is 1.80. The number of anilines is 2. The first-order valence-corrected chi connectivity index (χ1v) is 10.4. The van der Waals surface area contributed by atoms with Gasteiger partial charge < -0.3 is 15.7 Å². The lowest BCUT2D eigenvalue weighted by Gasteiger charge is -2.34. The van der Waals surface area contributed by atoms with Crippen molar-refractivity contribution in [1.29, 1.82) is 0 Å². The summed E-state index contributed by atoms with van der Waals surface area (Å²) in [5.74, 6) is 0.337. The summed E-state index contributed by atoms with van der Waals surface area (Å²) in [5.41, 5.74) is 5.25. The minimum atomic E-state index is -0.287. The van der Waals surface area contributed by atoms with Gasteiger partial charge in [0.1, 0.15) is 11.4 Å². The highest BCUT2D eigenvalue weighted by atomic mass is 16.3. The van der Waals surface area contributed by atoms with E-state index in [0.29, 0.717) is 12.1 Å². The largest absolute Gasteiger partial charge is 0.506 e. The first kappa shape index (κ1) is 18.7. The molecule has 0 saturated heterocycles. The zero-order chi connectivity index (χ0) is 21.0. The highest BCUT2D eigenvalue weighted by molar-refractivity contribution is 6.02. The molecule has 0 aromatic heterocycles. The van der Waals surface area contributed by atoms with Crippen LogP contribution in [0.3, 0.4) is 0 Å². The number of benzene rings is 3. The average Bonchev–Trinajstić information content (AvgIpc) is 2.84. The fraction of sp³-hybridized carbons (Fsp3) is 0.269. The molecule has 152 valence electrons. The number of Topliss-reactive ketones (excluding diaryl/α,β-unsaturated/α-hetero) is 1. The highest BCUT2D eigenvalue weighted by Gasteiger charge is 2.39. The molecule has 30 heavy (non-hydrogen) atoms. The van der Waals surface area contributed by atoms with Crippen LogP contribution in [-0.4, -0.2) is 10.9 Å². The van der Waals surface area contributed by atoms with Gasteiger partial charge in [-0.05, 0) is 52.8 Å². The molecule has 1 aliphatic carbocycles. The van der Waals surface area contributed by atoms with Crippen molar-refractivity contribution in [3.05, 3.63) is 77.0 Å². The molecular weight excluding hydrogens is 372 g/mol. The van der Waals surface area contributed by atoms with E-state index < -0.39 is 0 Å². The molecule has 0 bridgehead atoms. The first-order chi connectivity index (χ1) is 14.3. The zero-order valence-electron chi connectivity index (χ0n) is 17.5. The molecule has 2 aliphatic rings. The fourth-order valence-electron chi connectivity index (χ4n) is 4.96. The molecule has 3 aromatic carbocycles. The maximum Gasteiger partial charge on any atom is 0.163 e. The SMILES string of the molecule is Cc1ccc2ccccc2c1C1Nc2cccc(O)c2NC2=C1C(=O)CC(C)(C)C2. The number of rotatable bonds is 1. The summed E-state index contributed by atoms with van der Waals surface area (Å²) in [6.07, 6.45) is 1.27. The summed E-state index contributed by atoms with van der Waals surface area (Å²) in [5, 5.41) is 19.9. The van der Waals surface area contributed by atoms with Crippen LogP contribution in [-0.2, 0) is 4.79 Å². The van der Waals surface area contributed by atoms with Gasteiger partial charge in [-0.3, -0.25) is 4.79 Å². The summed E-state index contributed by atoms with van der Waals surface area (Å²) in [4.78, 5) is 13.5. The number of para-hydroxylation sites is 1. The molecule has 1 atom stereocenters. The van der Waals surface area contributed by atoms with Crippen molar-refractivity contribution in [1.82, 2.24) is 0 Å². The van der Waals surface area contributed by atoms with E-state index in [9.17, 15) is 9.90 Å². The minimum absolute atomic E-state index is 0.129. The number of aryl methyl sites for hydroxylation is 1. The van der Waals surface area contributed by atoms with Crippen molar-refractivity contribution in [2.75, 3.05) is 10.6 Å². The normalized spacial score (nSPS) is 20.1. The monoisotopic (exact) mass is 398 g/mol. The van der Waals surface area contributed by atoms with Crippen LogP contribution < -0.4 is 10.6 Å². The van der Waals surface area contributed by atoms with E-state index in [1.54, 1.807) is 6.07 Å². The molecule has 4 nitrogen and oxygen atoms in total. The summed E-state index contributed by atoms with van der Waals surface area (Å²) in [7, 11) is 0. The number of allylic oxidation sites excluding steroid dienone is 1. The number of ketones is 1. The van der Waals surface area contributed by atoms with Gasteiger partial charge in [-0.25, -0.2) is 0 Å². The molecule has 3 N–H and O–H groups in total. The lowest BCUT2D eigenvalue weighted by molar-refractivity contribution is -0.118. The van der Waals surface area contributed by atoms with E-state index in [-0.39, 0.29) is 23.0 Å². The Kier molecular flexibility index (Phi) is 4.14. The topological polar surface area (TPSA) is 61.4 Å². The molecule has 1 heterocycles. The van der Waals surface area contributed by atoms with Crippen LogP contribution >= 0.6 is 0 Å². The lowest BCUT2D eigenvalue weighted by atomic mass is 9.73. The third kappa shape index (κ3) is 2.95. The fourth-order valence-corrected chi connectivity index (χ4v) is 4.96. The Morgan fingerprint density at radius 2 is 1.80 bits per heavy atom. The number of phenols is 1. The van der Waals surface area contributed by atoms with Crippen molar-refractivity contribution in [3.8, 4) is 5.75 Å². The zero-order valence-corrected chi connectivity index (χ0v) is 17.5. The molecule has 0 spiro atoms. The quantitative estimate of drug-likeness (QED) is 0.435. The Morgan fingerprint density at radius 1 is 1.00 bits per heavy atom. The molecule has 0 fully saturated rings. The first-order valence-electron chi connectivity index (χ1n) is 10.4. The third-order valence-electron chi connectivity index (χ3n) is 6.30. The van der Waals surface area contributed by atoms with Gasteiger partial charge in [0.2, 0.25) is 0 Å². The van der Waals surface area contributed by atoms with Crippen LogP contribution in [0.2, 0.25) is 0 Å². The summed E-state index contributed by atoms with van der Waals surface area (Å²) >= 11 is 0. The molecule has 0 saturated carbocycles. The Bertz CT molecular complexity index is 1220. The van der Waals surface area contributed by atoms with Gasteiger partial charge in [0.05, 0.1) is 11.7 Å². The second kappa shape index (κ2) is 6.63. The van der Waals surface area contributed by atoms with E-state index in [1.165, 1.54) is 0 Å². The molecule has 0 amide bonds. The van der Waals surface area contributed by atoms with E-state index in [0.717, 1.165) is 45.3 Å². The van der Waals surface area contributed by atoms with Gasteiger partial charge in [-0.15, -0.1) is 0 Å². The van der Waals surface area contributed by atoms with E-state index in [4.69, 9.17) is 0 Å². The molecule has 5 rings (SSSR count). The smallest absolute Gasteiger partial charge is 0.163 e. The van der Waals surface area contributed by atoms with Crippen LogP contribution in [0.15, 0.2) is 65.9 Å². The molecule has 3 aromatic rings. The standard InChI is InChI=1S/C26H26N2O2/c1-15-11-12-16-7-4-5-8-17(16)22(15)25-23-19(13-26(2,3)14-21(23)30)28-24-18(27-25)9-6-10-20(24)29/h4-12,25,27-29H,13-14H2,1-3H3. The van der Waals surface area contributed by atoms with Crippen molar-refractivity contribution in [3.63, 3.8) is 0 Å². The lowest BCUT2D eigenvalue weighted by Crippen LogP contribution is -2.31. The maximum atomic E-state index is 13.5. The minimum Gasteiger partial charge on any atom is -0.506 e. The van der Waals surface area contributed by atoms with E-state index in [2.05, 4.69) is 55.7 Å². The number of nitrogens with one attached hydrogen (secondary N) is 2. The van der Waals surface area contributed by atoms with Crippen LogP contribution in [0.1, 0.15) is 43.9 Å². The van der Waals surface area contributed by atoms with Crippen LogP contribution in [0.4, 0.5) is 11.4 Å². The predicted octanol–water partition coefficient (Wildman–Crippen LogP) is 6.08. The van der Waals surface area contributed by atoms with Gasteiger partial charge >= 0.3 is 0 Å². The third-order valence-corrected chi connectivity index (χ3v) is 6.30. The number of carbonyl (C=O) groups excluding carboxylic acids is 1. The van der Waals surface area contributed by atoms with Gasteiger partial charge in [0, 0.05) is 17.7 Å². The molecule has 1 unspecified atom stereocenters. The van der Waals surface area contributed by atoms with Crippen LogP contribution in [0, 0.1) is 12.3 Å². The maximum absolute atomic E-state index is 13.5. The summed E-state index contributed by atoms with van der Waals surface area (Å²) in [6, 6.07) is 17.7. The van der Waals surface area contributed by atoms with Gasteiger partial charge in [0.25, 0.3) is 0 Å². The molecule has 4 heteroatoms. The van der Waals surface area contributed by atoms with E-state index in [1.807, 2.05) is 24.3 Å². The van der Waals surface area contributed by atoms with Crippen LogP contribution in [0.25, 0.3) is 10.8 Å². The van der Waals surface area contributed by atoms with Crippen molar-refractivity contribution < 1.29 is 9.90 Å². The Hall–Kier alpha value is -3.27. The van der Waals surface area contributed by atoms with Crippen molar-refractivity contribution in [2.45, 2.75) is 39.7 Å². The van der Waals surface area contributed by atoms with Gasteiger partial charge in [-0.1, -0.05) is 56.3 Å². The second-order valence-electron chi connectivity index (χ2n) is 9.25. The number of phenolic OH excluding ortho intramolecular Hbond substituents is 1. The number of hydrogen-bond donors (Lipinski definition) is 3.